The fourth-order valence-corrected chi connectivity index (χ4v) is 5.24. The molecule has 14 heteroatoms. The van der Waals surface area contributed by atoms with Gasteiger partial charge >= 0.3 is 18.3 Å². The average Bonchev–Trinajstić information content (AvgIpc) is 2.92. The molecule has 3 aromatic carbocycles. The Labute approximate surface area is 244 Å². The number of alkyl halides is 5. The Morgan fingerprint density at radius 1 is 0.705 bits per heavy atom. The third-order valence-corrected chi connectivity index (χ3v) is 7.53. The van der Waals surface area contributed by atoms with E-state index in [9.17, 15) is 39.5 Å². The number of benzene rings is 3. The summed E-state index contributed by atoms with van der Waals surface area (Å²) in [6, 6.07) is 3.72. The van der Waals surface area contributed by atoms with Crippen molar-refractivity contribution in [2.24, 2.45) is 5.41 Å². The van der Waals surface area contributed by atoms with Crippen molar-refractivity contribution in [3.05, 3.63) is 88.2 Å². The van der Waals surface area contributed by atoms with E-state index in [-0.39, 0.29) is 23.1 Å². The van der Waals surface area contributed by atoms with Gasteiger partial charge in [0.1, 0.15) is 46.0 Å². The summed E-state index contributed by atoms with van der Waals surface area (Å²) >= 11 is 0. The number of halogens is 10. The molecule has 0 atom stereocenters. The Morgan fingerprint density at radius 2 is 1.25 bits per heavy atom. The van der Waals surface area contributed by atoms with E-state index in [1.165, 1.54) is 6.07 Å². The highest BCUT2D eigenvalue weighted by atomic mass is 19.4. The second kappa shape index (κ2) is 11.5. The molecule has 3 fully saturated rings. The van der Waals surface area contributed by atoms with Gasteiger partial charge in [-0.15, -0.1) is 0 Å². The van der Waals surface area contributed by atoms with Gasteiger partial charge in [0.05, 0.1) is 19.8 Å². The maximum absolute atomic E-state index is 15.2. The Morgan fingerprint density at radius 3 is 1.75 bits per heavy atom. The van der Waals surface area contributed by atoms with Crippen LogP contribution in [0.2, 0.25) is 0 Å². The van der Waals surface area contributed by atoms with Crippen LogP contribution >= 0.6 is 0 Å². The molecular weight excluding hydrogens is 614 g/mol. The zero-order chi connectivity index (χ0) is 32.1. The van der Waals surface area contributed by atoms with Crippen molar-refractivity contribution in [1.29, 1.82) is 0 Å². The first-order valence-electron chi connectivity index (χ1n) is 13.4. The number of fused-ring (bicyclic) bond motifs is 3. The Bertz CT molecular complexity index is 1480. The standard InChI is InChI=1S/C30H24F10O4/c1-2-3-4-7-27-13-41-30(42-14-27,43-15-27)17-5-6-19(20(31)10-17)16-8-21(32)26(22(33)9-16)29(39,40)44-18-11-23(34)25(24(35)12-18)28(36,37)38/h5-6,8-12H,2-4,7,13-15H2,1H3. The van der Waals surface area contributed by atoms with E-state index in [4.69, 9.17) is 14.2 Å². The second-order valence-corrected chi connectivity index (χ2v) is 10.8. The zero-order valence-corrected chi connectivity index (χ0v) is 22.9. The molecule has 0 radical (unpaired) electrons. The first kappa shape index (κ1) is 32.0. The number of unbranched alkanes of at least 4 members (excludes halogenated alkanes) is 2. The van der Waals surface area contributed by atoms with E-state index in [1.54, 1.807) is 0 Å². The number of ether oxygens (including phenoxy) is 4. The summed E-state index contributed by atoms with van der Waals surface area (Å²) in [4.78, 5) is 0. The second-order valence-electron chi connectivity index (χ2n) is 10.8. The Balaban J connectivity index is 1.36. The van der Waals surface area contributed by atoms with Gasteiger partial charge in [-0.3, -0.25) is 0 Å². The number of rotatable bonds is 9. The van der Waals surface area contributed by atoms with Gasteiger partial charge < -0.3 is 18.9 Å². The summed E-state index contributed by atoms with van der Waals surface area (Å²) in [5.74, 6) is -12.6. The fourth-order valence-electron chi connectivity index (χ4n) is 5.24. The normalized spacial score (nSPS) is 22.0. The average molecular weight is 638 g/mol. The molecule has 0 spiro atoms. The smallest absolute Gasteiger partial charge is 0.429 e. The highest BCUT2D eigenvalue weighted by Crippen LogP contribution is 2.47. The van der Waals surface area contributed by atoms with Crippen molar-refractivity contribution in [3.8, 4) is 16.9 Å². The third kappa shape index (κ3) is 5.98. The fraction of sp³-hybridized carbons (Fsp3) is 0.400. The third-order valence-electron chi connectivity index (χ3n) is 7.53. The molecule has 3 saturated heterocycles. The van der Waals surface area contributed by atoms with Crippen LogP contribution in [-0.2, 0) is 32.5 Å². The van der Waals surface area contributed by atoms with E-state index in [0.29, 0.717) is 32.0 Å². The van der Waals surface area contributed by atoms with Crippen LogP contribution in [0.1, 0.15) is 49.3 Å². The molecule has 3 aliphatic heterocycles. The molecule has 3 aliphatic rings. The van der Waals surface area contributed by atoms with Gasteiger partial charge in [-0.25, -0.2) is 22.0 Å². The monoisotopic (exact) mass is 638 g/mol. The molecule has 3 aromatic rings. The molecule has 4 nitrogen and oxygen atoms in total. The highest BCUT2D eigenvalue weighted by molar-refractivity contribution is 5.65. The summed E-state index contributed by atoms with van der Waals surface area (Å²) in [6.45, 7) is 2.99. The van der Waals surface area contributed by atoms with E-state index in [1.807, 2.05) is 0 Å². The Hall–Kier alpha value is -3.36. The van der Waals surface area contributed by atoms with E-state index in [2.05, 4.69) is 11.7 Å². The summed E-state index contributed by atoms with van der Waals surface area (Å²) in [5.41, 5.74) is -5.50. The minimum absolute atomic E-state index is 0.120. The first-order chi connectivity index (χ1) is 20.6. The topological polar surface area (TPSA) is 36.9 Å². The summed E-state index contributed by atoms with van der Waals surface area (Å²) in [5, 5.41) is 0. The van der Waals surface area contributed by atoms with Crippen molar-refractivity contribution >= 4 is 0 Å². The minimum Gasteiger partial charge on any atom is -0.429 e. The molecule has 0 saturated carbocycles. The zero-order valence-electron chi connectivity index (χ0n) is 22.9. The van der Waals surface area contributed by atoms with Gasteiger partial charge in [-0.2, -0.15) is 22.0 Å². The van der Waals surface area contributed by atoms with Crippen LogP contribution in [0.5, 0.6) is 5.75 Å². The number of hydrogen-bond donors (Lipinski definition) is 0. The molecule has 0 amide bonds. The van der Waals surface area contributed by atoms with Crippen LogP contribution in [-0.4, -0.2) is 19.8 Å². The molecule has 0 aromatic heterocycles. The van der Waals surface area contributed by atoms with Crippen LogP contribution in [0.25, 0.3) is 11.1 Å². The molecule has 0 aliphatic carbocycles. The molecule has 0 unspecified atom stereocenters. The maximum Gasteiger partial charge on any atom is 0.432 e. The van der Waals surface area contributed by atoms with Crippen molar-refractivity contribution in [1.82, 2.24) is 0 Å². The van der Waals surface area contributed by atoms with Crippen LogP contribution in [0.3, 0.4) is 0 Å². The van der Waals surface area contributed by atoms with Crippen LogP contribution in [0, 0.1) is 34.5 Å². The molecule has 0 N–H and O–H groups in total. The summed E-state index contributed by atoms with van der Waals surface area (Å²) in [7, 11) is 0. The van der Waals surface area contributed by atoms with E-state index in [0.717, 1.165) is 37.8 Å². The predicted octanol–water partition coefficient (Wildman–Crippen LogP) is 8.95. The van der Waals surface area contributed by atoms with Gasteiger partial charge in [0.15, 0.2) is 0 Å². The highest BCUT2D eigenvalue weighted by Gasteiger charge is 2.53. The lowest BCUT2D eigenvalue weighted by Crippen LogP contribution is -2.58. The molecule has 44 heavy (non-hydrogen) atoms. The van der Waals surface area contributed by atoms with Gasteiger partial charge in [-0.1, -0.05) is 38.3 Å². The Kier molecular flexibility index (Phi) is 8.40. The first-order valence-corrected chi connectivity index (χ1v) is 13.4. The SMILES string of the molecule is CCCCCC12COC(c3ccc(-c4cc(F)c(C(F)(F)Oc5cc(F)c(C(F)(F)F)c(F)c5)c(F)c4)c(F)c3)(OC1)OC2. The lowest BCUT2D eigenvalue weighted by molar-refractivity contribution is -0.480. The van der Waals surface area contributed by atoms with Gasteiger partial charge in [0, 0.05) is 28.7 Å². The van der Waals surface area contributed by atoms with Crippen molar-refractivity contribution in [2.45, 2.75) is 50.9 Å². The lowest BCUT2D eigenvalue weighted by atomic mass is 9.82. The number of hydrogen-bond acceptors (Lipinski definition) is 4. The molecule has 3 heterocycles. The lowest BCUT2D eigenvalue weighted by Gasteiger charge is -2.52. The van der Waals surface area contributed by atoms with Crippen LogP contribution < -0.4 is 4.74 Å². The maximum atomic E-state index is 15.2. The molecule has 238 valence electrons. The largest absolute Gasteiger partial charge is 0.432 e. The van der Waals surface area contributed by atoms with Gasteiger partial charge in [0.2, 0.25) is 0 Å². The van der Waals surface area contributed by atoms with E-state index >= 15 is 4.39 Å². The molecule has 6 rings (SSSR count). The van der Waals surface area contributed by atoms with Gasteiger partial charge in [-0.05, 0) is 30.2 Å². The van der Waals surface area contributed by atoms with Crippen molar-refractivity contribution in [3.63, 3.8) is 0 Å². The van der Waals surface area contributed by atoms with Crippen LogP contribution in [0.15, 0.2) is 42.5 Å². The van der Waals surface area contributed by atoms with Crippen LogP contribution in [0.4, 0.5) is 43.9 Å². The van der Waals surface area contributed by atoms with E-state index < -0.39 is 75.3 Å². The molecule has 2 bridgehead atoms. The van der Waals surface area contributed by atoms with Gasteiger partial charge in [0.25, 0.3) is 0 Å². The summed E-state index contributed by atoms with van der Waals surface area (Å²) < 4.78 is 162. The summed E-state index contributed by atoms with van der Waals surface area (Å²) in [6.07, 6.45) is -6.60. The quantitative estimate of drug-likeness (QED) is 0.173. The predicted molar refractivity (Wildman–Crippen MR) is 134 cm³/mol. The van der Waals surface area contributed by atoms with Crippen molar-refractivity contribution < 1.29 is 62.9 Å². The van der Waals surface area contributed by atoms with Crippen molar-refractivity contribution in [2.75, 3.05) is 19.8 Å². The molecular formula is C30H24F10O4. The minimum atomic E-state index is -5.49.